The summed E-state index contributed by atoms with van der Waals surface area (Å²) in [4.78, 5) is 22.4. The third-order valence-corrected chi connectivity index (χ3v) is 3.52. The molecule has 78 valence electrons. The van der Waals surface area contributed by atoms with Crippen molar-refractivity contribution in [3.63, 3.8) is 0 Å². The molecule has 1 aliphatic heterocycles. The van der Waals surface area contributed by atoms with Crippen LogP contribution in [0.1, 0.15) is 6.42 Å². The Morgan fingerprint density at radius 1 is 1.57 bits per heavy atom. The summed E-state index contributed by atoms with van der Waals surface area (Å²) in [6, 6.07) is 0. The van der Waals surface area contributed by atoms with Crippen molar-refractivity contribution in [2.75, 3.05) is 12.9 Å². The van der Waals surface area contributed by atoms with Crippen molar-refractivity contribution in [2.24, 2.45) is 5.92 Å². The highest BCUT2D eigenvalue weighted by Gasteiger charge is 2.32. The van der Waals surface area contributed by atoms with Gasteiger partial charge in [-0.25, -0.2) is 0 Å². The molecule has 0 bridgehead atoms. The summed E-state index contributed by atoms with van der Waals surface area (Å²) in [5.74, 6) is -0.0217. The van der Waals surface area contributed by atoms with E-state index in [0.717, 1.165) is 0 Å². The van der Waals surface area contributed by atoms with Gasteiger partial charge in [-0.15, -0.1) is 11.8 Å². The maximum absolute atomic E-state index is 11.3. The molecule has 2 unspecified atom stereocenters. The summed E-state index contributed by atoms with van der Waals surface area (Å²) in [5.41, 5.74) is 0. The van der Waals surface area contributed by atoms with E-state index in [0.29, 0.717) is 6.42 Å². The average Bonchev–Trinajstić information content (AvgIpc) is 2.64. The first-order valence-corrected chi connectivity index (χ1v) is 5.79. The van der Waals surface area contributed by atoms with Gasteiger partial charge in [0, 0.05) is 18.1 Å². The number of methoxy groups -OCH3 is 1. The number of rotatable bonds is 4. The zero-order valence-corrected chi connectivity index (χ0v) is 9.51. The van der Waals surface area contributed by atoms with Crippen LogP contribution in [-0.2, 0) is 14.3 Å². The van der Waals surface area contributed by atoms with E-state index >= 15 is 0 Å². The predicted molar refractivity (Wildman–Crippen MR) is 59.5 cm³/mol. The summed E-state index contributed by atoms with van der Waals surface area (Å²) in [6.07, 6.45) is 2.25. The van der Waals surface area contributed by atoms with Gasteiger partial charge in [0.25, 0.3) is 0 Å². The van der Waals surface area contributed by atoms with Crippen molar-refractivity contribution < 1.29 is 14.3 Å². The van der Waals surface area contributed by atoms with E-state index in [2.05, 4.69) is 17.4 Å². The standard InChI is InChI=1S/C9H12O3S2/c1-12-9(11)8-6(2-3-14-8)4-7(10)5-13/h2-3,6,8,13H,4-5H2,1H3. The Kier molecular flexibility index (Phi) is 4.54. The number of hydrogen-bond donors (Lipinski definition) is 1. The van der Waals surface area contributed by atoms with Crippen molar-refractivity contribution in [3.8, 4) is 0 Å². The molecule has 2 atom stereocenters. The van der Waals surface area contributed by atoms with Crippen molar-refractivity contribution >= 4 is 36.1 Å². The molecular weight excluding hydrogens is 220 g/mol. The first-order valence-electron chi connectivity index (χ1n) is 4.21. The molecule has 5 heteroatoms. The van der Waals surface area contributed by atoms with Gasteiger partial charge in [0.1, 0.15) is 11.0 Å². The largest absolute Gasteiger partial charge is 0.468 e. The number of ketones is 1. The Labute approximate surface area is 92.7 Å². The van der Waals surface area contributed by atoms with Crippen LogP contribution in [0.15, 0.2) is 11.5 Å². The fourth-order valence-electron chi connectivity index (χ4n) is 1.28. The molecule has 0 aliphatic carbocycles. The maximum Gasteiger partial charge on any atom is 0.319 e. The number of esters is 1. The number of Topliss-reactive ketones (excluding diaryl/α,β-unsaturated/α-hetero) is 1. The molecule has 0 amide bonds. The van der Waals surface area contributed by atoms with Crippen LogP contribution in [0.3, 0.4) is 0 Å². The molecular formula is C9H12O3S2. The molecule has 1 heterocycles. The number of carbonyl (C=O) groups is 2. The second-order valence-corrected chi connectivity index (χ2v) is 4.34. The first-order chi connectivity index (χ1) is 6.69. The van der Waals surface area contributed by atoms with Crippen LogP contribution in [0.4, 0.5) is 0 Å². The summed E-state index contributed by atoms with van der Waals surface area (Å²) in [7, 11) is 1.36. The molecule has 0 N–H and O–H groups in total. The Bertz CT molecular complexity index is 263. The zero-order chi connectivity index (χ0) is 10.6. The highest BCUT2D eigenvalue weighted by atomic mass is 32.2. The van der Waals surface area contributed by atoms with E-state index in [4.69, 9.17) is 0 Å². The Balaban J connectivity index is 2.54. The van der Waals surface area contributed by atoms with E-state index in [1.54, 1.807) is 0 Å². The first kappa shape index (κ1) is 11.7. The van der Waals surface area contributed by atoms with Gasteiger partial charge in [-0.2, -0.15) is 12.6 Å². The molecule has 0 aromatic carbocycles. The SMILES string of the molecule is COC(=O)C1SC=CC1CC(=O)CS. The molecule has 0 aromatic heterocycles. The Morgan fingerprint density at radius 3 is 2.86 bits per heavy atom. The summed E-state index contributed by atoms with van der Waals surface area (Å²) < 4.78 is 4.65. The van der Waals surface area contributed by atoms with Crippen LogP contribution in [0, 0.1) is 5.92 Å². The molecule has 14 heavy (non-hydrogen) atoms. The maximum atomic E-state index is 11.3. The molecule has 0 aromatic rings. The highest BCUT2D eigenvalue weighted by molar-refractivity contribution is 8.03. The lowest BCUT2D eigenvalue weighted by Gasteiger charge is -2.14. The third kappa shape index (κ3) is 2.78. The Morgan fingerprint density at radius 2 is 2.29 bits per heavy atom. The van der Waals surface area contributed by atoms with Crippen LogP contribution < -0.4 is 0 Å². The lowest BCUT2D eigenvalue weighted by molar-refractivity contribution is -0.140. The van der Waals surface area contributed by atoms with Crippen LogP contribution >= 0.6 is 24.4 Å². The van der Waals surface area contributed by atoms with Gasteiger partial charge in [-0.1, -0.05) is 6.08 Å². The second kappa shape index (κ2) is 5.46. The van der Waals surface area contributed by atoms with Gasteiger partial charge in [-0.3, -0.25) is 9.59 Å². The molecule has 0 spiro atoms. The lowest BCUT2D eigenvalue weighted by atomic mass is 9.99. The van der Waals surface area contributed by atoms with Crippen molar-refractivity contribution in [1.29, 1.82) is 0 Å². The van der Waals surface area contributed by atoms with Crippen molar-refractivity contribution in [1.82, 2.24) is 0 Å². The lowest BCUT2D eigenvalue weighted by Crippen LogP contribution is -2.26. The molecule has 0 saturated carbocycles. The van der Waals surface area contributed by atoms with Gasteiger partial charge in [0.2, 0.25) is 0 Å². The van der Waals surface area contributed by atoms with Gasteiger partial charge < -0.3 is 4.74 Å². The fraction of sp³-hybridized carbons (Fsp3) is 0.556. The zero-order valence-electron chi connectivity index (χ0n) is 7.80. The number of carbonyl (C=O) groups excluding carboxylic acids is 2. The quantitative estimate of drug-likeness (QED) is 0.586. The second-order valence-electron chi connectivity index (χ2n) is 2.97. The normalized spacial score (nSPS) is 25.0. The minimum absolute atomic E-state index is 0.0351. The van der Waals surface area contributed by atoms with E-state index in [-0.39, 0.29) is 28.7 Å². The predicted octanol–water partition coefficient (Wildman–Crippen LogP) is 1.29. The smallest absolute Gasteiger partial charge is 0.319 e. The fourth-order valence-corrected chi connectivity index (χ4v) is 2.47. The summed E-state index contributed by atoms with van der Waals surface area (Å²) >= 11 is 5.30. The van der Waals surface area contributed by atoms with Gasteiger partial charge >= 0.3 is 5.97 Å². The summed E-state index contributed by atoms with van der Waals surface area (Å²) in [5, 5.41) is 1.58. The van der Waals surface area contributed by atoms with Crippen molar-refractivity contribution in [2.45, 2.75) is 11.7 Å². The minimum atomic E-state index is -0.267. The molecule has 0 saturated heterocycles. The molecule has 0 radical (unpaired) electrons. The Hall–Kier alpha value is -0.420. The van der Waals surface area contributed by atoms with Crippen LogP contribution in [0.25, 0.3) is 0 Å². The number of hydrogen-bond acceptors (Lipinski definition) is 5. The highest BCUT2D eigenvalue weighted by Crippen LogP contribution is 2.32. The van der Waals surface area contributed by atoms with Crippen LogP contribution in [0.5, 0.6) is 0 Å². The van der Waals surface area contributed by atoms with Crippen molar-refractivity contribution in [3.05, 3.63) is 11.5 Å². The van der Waals surface area contributed by atoms with E-state index < -0.39 is 0 Å². The van der Waals surface area contributed by atoms with Crippen LogP contribution in [-0.4, -0.2) is 29.9 Å². The third-order valence-electron chi connectivity index (χ3n) is 2.01. The summed E-state index contributed by atoms with van der Waals surface area (Å²) in [6.45, 7) is 0. The average molecular weight is 232 g/mol. The minimum Gasteiger partial charge on any atom is -0.468 e. The number of thioether (sulfide) groups is 1. The van der Waals surface area contributed by atoms with E-state index in [9.17, 15) is 9.59 Å². The molecule has 0 fully saturated rings. The van der Waals surface area contributed by atoms with Gasteiger partial charge in [0.05, 0.1) is 7.11 Å². The number of allylic oxidation sites excluding steroid dienone is 1. The van der Waals surface area contributed by atoms with E-state index in [1.807, 2.05) is 11.5 Å². The van der Waals surface area contributed by atoms with Gasteiger partial charge in [-0.05, 0) is 5.41 Å². The number of thiol groups is 1. The van der Waals surface area contributed by atoms with Gasteiger partial charge in [0.15, 0.2) is 0 Å². The molecule has 1 rings (SSSR count). The molecule has 3 nitrogen and oxygen atoms in total. The molecule has 1 aliphatic rings. The van der Waals surface area contributed by atoms with E-state index in [1.165, 1.54) is 18.9 Å². The monoisotopic (exact) mass is 232 g/mol. The van der Waals surface area contributed by atoms with Crippen LogP contribution in [0.2, 0.25) is 0 Å². The number of ether oxygens (including phenoxy) is 1. The topological polar surface area (TPSA) is 43.4 Å².